The van der Waals surface area contributed by atoms with Crippen LogP contribution in [0.2, 0.25) is 0 Å². The van der Waals surface area contributed by atoms with Crippen molar-refractivity contribution >= 4 is 0 Å². The largest absolute Gasteiger partial charge is 0.219 e. The van der Waals surface area contributed by atoms with E-state index in [1.807, 2.05) is 26.1 Å². The van der Waals surface area contributed by atoms with Crippen LogP contribution in [0, 0.1) is 25.2 Å². The Labute approximate surface area is 106 Å². The van der Waals surface area contributed by atoms with Crippen LogP contribution >= 0.6 is 0 Å². The first-order valence-corrected chi connectivity index (χ1v) is 5.84. The van der Waals surface area contributed by atoms with E-state index in [1.54, 1.807) is 4.68 Å². The van der Waals surface area contributed by atoms with Crippen molar-refractivity contribution in [3.63, 3.8) is 0 Å². The number of aryl methyl sites for hydroxylation is 1. The van der Waals surface area contributed by atoms with Crippen molar-refractivity contribution in [3.05, 3.63) is 34.8 Å². The van der Waals surface area contributed by atoms with Gasteiger partial charge in [-0.2, -0.15) is 15.5 Å². The Morgan fingerprint density at radius 1 is 1.28 bits per heavy atom. The van der Waals surface area contributed by atoms with E-state index in [4.69, 9.17) is 0 Å². The van der Waals surface area contributed by atoms with E-state index in [0.717, 1.165) is 17.0 Å². The summed E-state index contributed by atoms with van der Waals surface area (Å²) in [5.41, 5.74) is 3.12. The second-order valence-corrected chi connectivity index (χ2v) is 4.56. The van der Waals surface area contributed by atoms with Gasteiger partial charge in [-0.3, -0.25) is 0 Å². The number of nitriles is 1. The highest BCUT2D eigenvalue weighted by Gasteiger charge is 2.14. The van der Waals surface area contributed by atoms with Gasteiger partial charge in [0.25, 0.3) is 0 Å². The van der Waals surface area contributed by atoms with Crippen molar-refractivity contribution in [2.45, 2.75) is 33.6 Å². The molecule has 0 fully saturated rings. The van der Waals surface area contributed by atoms with E-state index >= 15 is 0 Å². The van der Waals surface area contributed by atoms with Gasteiger partial charge in [0.05, 0.1) is 11.4 Å². The van der Waals surface area contributed by atoms with Crippen LogP contribution in [0.3, 0.4) is 0 Å². The molecule has 0 saturated heterocycles. The SMILES string of the molecule is Cc1nnc(-n2ccc(C(C)C)n2)c(C#N)c1C. The zero-order valence-electron chi connectivity index (χ0n) is 11.0. The monoisotopic (exact) mass is 241 g/mol. The molecule has 2 heterocycles. The molecule has 5 nitrogen and oxygen atoms in total. The fourth-order valence-corrected chi connectivity index (χ4v) is 1.65. The van der Waals surface area contributed by atoms with Crippen LogP contribution in [-0.2, 0) is 0 Å². The Morgan fingerprint density at radius 3 is 2.56 bits per heavy atom. The van der Waals surface area contributed by atoms with Gasteiger partial charge in [0, 0.05) is 6.20 Å². The molecule has 0 atom stereocenters. The first-order valence-electron chi connectivity index (χ1n) is 5.84. The van der Waals surface area contributed by atoms with Crippen molar-refractivity contribution in [1.29, 1.82) is 5.26 Å². The molecular weight excluding hydrogens is 226 g/mol. The first kappa shape index (κ1) is 12.2. The molecule has 0 radical (unpaired) electrons. The van der Waals surface area contributed by atoms with Crippen LogP contribution in [0.15, 0.2) is 12.3 Å². The fraction of sp³-hybridized carbons (Fsp3) is 0.385. The second-order valence-electron chi connectivity index (χ2n) is 4.56. The summed E-state index contributed by atoms with van der Waals surface area (Å²) >= 11 is 0. The van der Waals surface area contributed by atoms with Crippen molar-refractivity contribution in [1.82, 2.24) is 20.0 Å². The lowest BCUT2D eigenvalue weighted by Gasteiger charge is -2.06. The zero-order chi connectivity index (χ0) is 13.3. The highest BCUT2D eigenvalue weighted by Crippen LogP contribution is 2.18. The van der Waals surface area contributed by atoms with Crippen LogP contribution in [0.4, 0.5) is 0 Å². The lowest BCUT2D eigenvalue weighted by Crippen LogP contribution is -2.07. The maximum Gasteiger partial charge on any atom is 0.193 e. The predicted molar refractivity (Wildman–Crippen MR) is 67.4 cm³/mol. The van der Waals surface area contributed by atoms with Crippen molar-refractivity contribution in [2.24, 2.45) is 0 Å². The average molecular weight is 241 g/mol. The van der Waals surface area contributed by atoms with E-state index in [1.165, 1.54) is 0 Å². The molecule has 2 aromatic rings. The Balaban J connectivity index is 2.57. The standard InChI is InChI=1S/C13H15N5/c1-8(2)12-5-6-18(17-12)13-11(7-14)9(3)10(4)15-16-13/h5-6,8H,1-4H3. The summed E-state index contributed by atoms with van der Waals surface area (Å²) < 4.78 is 1.62. The lowest BCUT2D eigenvalue weighted by molar-refractivity contribution is 0.741. The van der Waals surface area contributed by atoms with E-state index < -0.39 is 0 Å². The molecule has 0 aromatic carbocycles. The van der Waals surface area contributed by atoms with E-state index in [0.29, 0.717) is 17.3 Å². The average Bonchev–Trinajstić information content (AvgIpc) is 2.82. The highest BCUT2D eigenvalue weighted by atomic mass is 15.3. The molecule has 2 rings (SSSR count). The van der Waals surface area contributed by atoms with Gasteiger partial charge < -0.3 is 0 Å². The Bertz CT molecular complexity index is 619. The third kappa shape index (κ3) is 1.97. The Kier molecular flexibility index (Phi) is 3.11. The number of aromatic nitrogens is 4. The molecule has 18 heavy (non-hydrogen) atoms. The molecule has 0 unspecified atom stereocenters. The number of hydrogen-bond acceptors (Lipinski definition) is 4. The summed E-state index contributed by atoms with van der Waals surface area (Å²) in [6, 6.07) is 4.11. The van der Waals surface area contributed by atoms with E-state index in [2.05, 4.69) is 35.2 Å². The van der Waals surface area contributed by atoms with Crippen LogP contribution in [-0.4, -0.2) is 20.0 Å². The van der Waals surface area contributed by atoms with Gasteiger partial charge in [0.2, 0.25) is 0 Å². The van der Waals surface area contributed by atoms with Crippen molar-refractivity contribution in [3.8, 4) is 11.9 Å². The molecule has 0 saturated carbocycles. The summed E-state index contributed by atoms with van der Waals surface area (Å²) in [5, 5.41) is 21.8. The van der Waals surface area contributed by atoms with Gasteiger partial charge >= 0.3 is 0 Å². The Hall–Kier alpha value is -2.22. The summed E-state index contributed by atoms with van der Waals surface area (Å²) in [5.74, 6) is 0.837. The molecule has 0 spiro atoms. The minimum Gasteiger partial charge on any atom is -0.219 e. The number of rotatable bonds is 2. The third-order valence-electron chi connectivity index (χ3n) is 2.97. The molecule has 0 aliphatic rings. The van der Waals surface area contributed by atoms with Crippen LogP contribution in [0.5, 0.6) is 0 Å². The first-order chi connectivity index (χ1) is 8.54. The molecule has 5 heteroatoms. The highest BCUT2D eigenvalue weighted by molar-refractivity contribution is 5.48. The molecule has 0 amide bonds. The van der Waals surface area contributed by atoms with Crippen molar-refractivity contribution in [2.75, 3.05) is 0 Å². The summed E-state index contributed by atoms with van der Waals surface area (Å²) in [6.45, 7) is 7.86. The number of hydrogen-bond donors (Lipinski definition) is 0. The molecule has 2 aromatic heterocycles. The van der Waals surface area contributed by atoms with Crippen LogP contribution < -0.4 is 0 Å². The smallest absolute Gasteiger partial charge is 0.193 e. The molecule has 0 aliphatic carbocycles. The quantitative estimate of drug-likeness (QED) is 0.808. The maximum atomic E-state index is 9.24. The summed E-state index contributed by atoms with van der Waals surface area (Å²) in [6.07, 6.45) is 1.81. The fourth-order valence-electron chi connectivity index (χ4n) is 1.65. The summed E-state index contributed by atoms with van der Waals surface area (Å²) in [7, 11) is 0. The molecule has 0 bridgehead atoms. The molecule has 0 N–H and O–H groups in total. The minimum atomic E-state index is 0.344. The molecule has 92 valence electrons. The normalized spacial score (nSPS) is 10.7. The third-order valence-corrected chi connectivity index (χ3v) is 2.97. The Morgan fingerprint density at radius 2 is 2.00 bits per heavy atom. The maximum absolute atomic E-state index is 9.24. The van der Waals surface area contributed by atoms with Crippen molar-refractivity contribution < 1.29 is 0 Å². The lowest BCUT2D eigenvalue weighted by atomic mass is 10.1. The minimum absolute atomic E-state index is 0.344. The van der Waals surface area contributed by atoms with E-state index in [-0.39, 0.29) is 0 Å². The second kappa shape index (κ2) is 4.57. The van der Waals surface area contributed by atoms with Crippen LogP contribution in [0.1, 0.15) is 42.3 Å². The molecular formula is C13H15N5. The van der Waals surface area contributed by atoms with Gasteiger partial charge in [-0.15, -0.1) is 5.10 Å². The van der Waals surface area contributed by atoms with Crippen LogP contribution in [0.25, 0.3) is 5.82 Å². The zero-order valence-corrected chi connectivity index (χ0v) is 11.0. The van der Waals surface area contributed by atoms with Gasteiger partial charge in [-0.25, -0.2) is 4.68 Å². The van der Waals surface area contributed by atoms with Gasteiger partial charge in [0.15, 0.2) is 5.82 Å². The molecule has 0 aliphatic heterocycles. The van der Waals surface area contributed by atoms with Gasteiger partial charge in [-0.05, 0) is 31.4 Å². The number of nitrogens with zero attached hydrogens (tertiary/aromatic N) is 5. The topological polar surface area (TPSA) is 67.4 Å². The van der Waals surface area contributed by atoms with Gasteiger partial charge in [0.1, 0.15) is 11.6 Å². The predicted octanol–water partition coefficient (Wildman–Crippen LogP) is 2.27. The van der Waals surface area contributed by atoms with Gasteiger partial charge in [-0.1, -0.05) is 13.8 Å². The van der Waals surface area contributed by atoms with E-state index in [9.17, 15) is 5.26 Å². The summed E-state index contributed by atoms with van der Waals surface area (Å²) in [4.78, 5) is 0.